The summed E-state index contributed by atoms with van der Waals surface area (Å²) in [4.78, 5) is 35.6. The van der Waals surface area contributed by atoms with E-state index in [-0.39, 0.29) is 6.54 Å². The molecule has 0 bridgehead atoms. The zero-order chi connectivity index (χ0) is 15.3. The highest BCUT2D eigenvalue weighted by atomic mass is 35.5. The molecule has 9 heteroatoms. The molecule has 0 aliphatic rings. The molecule has 0 saturated carbocycles. The lowest BCUT2D eigenvalue weighted by atomic mass is 10.2. The van der Waals surface area contributed by atoms with Crippen LogP contribution in [0.2, 0.25) is 4.34 Å². The number of carboxylic acids is 1. The van der Waals surface area contributed by atoms with E-state index in [0.717, 1.165) is 4.88 Å². The molecule has 3 amide bonds. The van der Waals surface area contributed by atoms with Gasteiger partial charge in [0.1, 0.15) is 6.04 Å². The SMILES string of the molecule is CN(Cc1ccc(Cl)s1)C(=O)NC(CC(N)=O)C(=O)O. The van der Waals surface area contributed by atoms with Gasteiger partial charge in [-0.1, -0.05) is 11.6 Å². The molecule has 110 valence electrons. The first kappa shape index (κ1) is 16.3. The Labute approximate surface area is 124 Å². The highest BCUT2D eigenvalue weighted by Gasteiger charge is 2.23. The third kappa shape index (κ3) is 5.06. The van der Waals surface area contributed by atoms with Gasteiger partial charge < -0.3 is 21.1 Å². The number of primary amides is 1. The number of hydrogen-bond acceptors (Lipinski definition) is 4. The van der Waals surface area contributed by atoms with E-state index >= 15 is 0 Å². The monoisotopic (exact) mass is 319 g/mol. The number of nitrogens with zero attached hydrogens (tertiary/aromatic N) is 1. The molecule has 0 fully saturated rings. The molecule has 0 spiro atoms. The lowest BCUT2D eigenvalue weighted by molar-refractivity contribution is -0.140. The fraction of sp³-hybridized carbons (Fsp3) is 0.364. The Hall–Kier alpha value is -1.80. The van der Waals surface area contributed by atoms with Crippen molar-refractivity contribution in [2.24, 2.45) is 5.73 Å². The van der Waals surface area contributed by atoms with Crippen LogP contribution in [0, 0.1) is 0 Å². The molecule has 20 heavy (non-hydrogen) atoms. The summed E-state index contributed by atoms with van der Waals surface area (Å²) in [5.74, 6) is -2.12. The molecule has 0 aliphatic heterocycles. The molecule has 1 aromatic rings. The van der Waals surface area contributed by atoms with Crippen molar-refractivity contribution in [3.63, 3.8) is 0 Å². The van der Waals surface area contributed by atoms with E-state index in [1.165, 1.54) is 23.3 Å². The van der Waals surface area contributed by atoms with E-state index in [1.807, 2.05) is 0 Å². The largest absolute Gasteiger partial charge is 0.480 e. The number of halogens is 1. The molecule has 0 radical (unpaired) electrons. The van der Waals surface area contributed by atoms with Gasteiger partial charge in [-0.2, -0.15) is 0 Å². The maximum absolute atomic E-state index is 11.8. The van der Waals surface area contributed by atoms with Crippen molar-refractivity contribution in [3.8, 4) is 0 Å². The minimum atomic E-state index is -1.34. The third-order valence-electron chi connectivity index (χ3n) is 2.37. The first-order valence-electron chi connectivity index (χ1n) is 5.56. The van der Waals surface area contributed by atoms with Gasteiger partial charge >= 0.3 is 12.0 Å². The molecule has 4 N–H and O–H groups in total. The maximum atomic E-state index is 11.8. The minimum Gasteiger partial charge on any atom is -0.480 e. The Morgan fingerprint density at radius 3 is 2.60 bits per heavy atom. The Morgan fingerprint density at radius 2 is 2.15 bits per heavy atom. The zero-order valence-electron chi connectivity index (χ0n) is 10.6. The Bertz CT molecular complexity index is 520. The number of thiophene rings is 1. The highest BCUT2D eigenvalue weighted by Crippen LogP contribution is 2.22. The van der Waals surface area contributed by atoms with Crippen molar-refractivity contribution < 1.29 is 19.5 Å². The summed E-state index contributed by atoms with van der Waals surface area (Å²) in [5.41, 5.74) is 4.93. The van der Waals surface area contributed by atoms with Crippen LogP contribution in [0.1, 0.15) is 11.3 Å². The predicted molar refractivity (Wildman–Crippen MR) is 74.6 cm³/mol. The topological polar surface area (TPSA) is 113 Å². The minimum absolute atomic E-state index is 0.284. The van der Waals surface area contributed by atoms with Crippen molar-refractivity contribution in [1.82, 2.24) is 10.2 Å². The van der Waals surface area contributed by atoms with Gasteiger partial charge in [-0.15, -0.1) is 11.3 Å². The summed E-state index contributed by atoms with van der Waals surface area (Å²) in [6.07, 6.45) is -0.459. The second kappa shape index (κ2) is 7.11. The smallest absolute Gasteiger partial charge is 0.326 e. The summed E-state index contributed by atoms with van der Waals surface area (Å²) in [5, 5.41) is 11.1. The van der Waals surface area contributed by atoms with Crippen molar-refractivity contribution in [3.05, 3.63) is 21.3 Å². The number of aliphatic carboxylic acids is 1. The second-order valence-corrected chi connectivity index (χ2v) is 5.87. The van der Waals surface area contributed by atoms with E-state index < -0.39 is 30.4 Å². The van der Waals surface area contributed by atoms with Gasteiger partial charge in [-0.05, 0) is 12.1 Å². The summed E-state index contributed by atoms with van der Waals surface area (Å²) in [7, 11) is 1.51. The Kier molecular flexibility index (Phi) is 5.78. The standard InChI is InChI=1S/C11H14ClN3O4S/c1-15(5-6-2-3-8(12)20-6)11(19)14-7(10(17)18)4-9(13)16/h2-3,7H,4-5H2,1H3,(H2,13,16)(H,14,19)(H,17,18). The quantitative estimate of drug-likeness (QED) is 0.722. The normalized spacial score (nSPS) is 11.7. The van der Waals surface area contributed by atoms with Crippen molar-refractivity contribution in [2.45, 2.75) is 19.0 Å². The second-order valence-electron chi connectivity index (χ2n) is 4.07. The number of carboxylic acid groups (broad SMARTS) is 1. The van der Waals surface area contributed by atoms with Gasteiger partial charge in [0.05, 0.1) is 17.3 Å². The summed E-state index contributed by atoms with van der Waals surface area (Å²) in [6.45, 7) is 0.284. The van der Waals surface area contributed by atoms with E-state index in [2.05, 4.69) is 5.32 Å². The fourth-order valence-electron chi connectivity index (χ4n) is 1.40. The number of carbonyl (C=O) groups excluding carboxylic acids is 2. The first-order valence-corrected chi connectivity index (χ1v) is 6.76. The van der Waals surface area contributed by atoms with E-state index in [4.69, 9.17) is 22.4 Å². The van der Waals surface area contributed by atoms with Crippen LogP contribution in [-0.2, 0) is 16.1 Å². The van der Waals surface area contributed by atoms with Crippen LogP contribution < -0.4 is 11.1 Å². The van der Waals surface area contributed by atoms with E-state index in [1.54, 1.807) is 12.1 Å². The van der Waals surface area contributed by atoms with Crippen LogP contribution in [0.25, 0.3) is 0 Å². The van der Waals surface area contributed by atoms with Gasteiger partial charge in [0, 0.05) is 11.9 Å². The van der Waals surface area contributed by atoms with Gasteiger partial charge in [0.25, 0.3) is 0 Å². The van der Waals surface area contributed by atoms with Crippen LogP contribution in [-0.4, -0.2) is 41.0 Å². The molecular weight excluding hydrogens is 306 g/mol. The van der Waals surface area contributed by atoms with E-state index in [9.17, 15) is 14.4 Å². The Morgan fingerprint density at radius 1 is 1.50 bits per heavy atom. The van der Waals surface area contributed by atoms with E-state index in [0.29, 0.717) is 4.34 Å². The van der Waals surface area contributed by atoms with Gasteiger partial charge in [0.15, 0.2) is 0 Å². The third-order valence-corrected chi connectivity index (χ3v) is 3.59. The Balaban J connectivity index is 2.59. The molecule has 1 aromatic heterocycles. The number of rotatable bonds is 6. The van der Waals surface area contributed by atoms with Gasteiger partial charge in [-0.25, -0.2) is 9.59 Å². The average molecular weight is 320 g/mol. The van der Waals surface area contributed by atoms with Crippen molar-refractivity contribution in [1.29, 1.82) is 0 Å². The molecule has 7 nitrogen and oxygen atoms in total. The molecule has 0 aromatic carbocycles. The van der Waals surface area contributed by atoms with Crippen LogP contribution in [0.5, 0.6) is 0 Å². The molecule has 0 saturated heterocycles. The highest BCUT2D eigenvalue weighted by molar-refractivity contribution is 7.16. The predicted octanol–water partition coefficient (Wildman–Crippen LogP) is 0.872. The van der Waals surface area contributed by atoms with Crippen LogP contribution in [0.15, 0.2) is 12.1 Å². The molecule has 0 aliphatic carbocycles. The molecular formula is C11H14ClN3O4S. The van der Waals surface area contributed by atoms with Crippen LogP contribution in [0.3, 0.4) is 0 Å². The zero-order valence-corrected chi connectivity index (χ0v) is 12.2. The van der Waals surface area contributed by atoms with Gasteiger partial charge in [0.2, 0.25) is 5.91 Å². The average Bonchev–Trinajstić information content (AvgIpc) is 2.72. The van der Waals surface area contributed by atoms with Crippen molar-refractivity contribution in [2.75, 3.05) is 7.05 Å². The molecule has 1 unspecified atom stereocenters. The number of nitrogens with one attached hydrogen (secondary N) is 1. The number of hydrogen-bond donors (Lipinski definition) is 3. The summed E-state index contributed by atoms with van der Waals surface area (Å²) >= 11 is 7.10. The fourth-order valence-corrected chi connectivity index (χ4v) is 2.54. The first-order chi connectivity index (χ1) is 9.29. The van der Waals surface area contributed by atoms with Crippen LogP contribution >= 0.6 is 22.9 Å². The number of nitrogens with two attached hydrogens (primary N) is 1. The van der Waals surface area contributed by atoms with Crippen LogP contribution in [0.4, 0.5) is 4.79 Å². The number of urea groups is 1. The number of amides is 3. The molecule has 1 atom stereocenters. The maximum Gasteiger partial charge on any atom is 0.326 e. The number of carbonyl (C=O) groups is 3. The van der Waals surface area contributed by atoms with Gasteiger partial charge in [-0.3, -0.25) is 4.79 Å². The molecule has 1 rings (SSSR count). The molecule has 1 heterocycles. The summed E-state index contributed by atoms with van der Waals surface area (Å²) < 4.78 is 0.603. The lowest BCUT2D eigenvalue weighted by Crippen LogP contribution is -2.47. The summed E-state index contributed by atoms with van der Waals surface area (Å²) in [6, 6.07) is 1.53. The lowest BCUT2D eigenvalue weighted by Gasteiger charge is -2.20. The van der Waals surface area contributed by atoms with Crippen molar-refractivity contribution >= 4 is 40.8 Å².